The van der Waals surface area contributed by atoms with Gasteiger partial charge in [-0.2, -0.15) is 0 Å². The first-order chi connectivity index (χ1) is 9.36. The molecule has 1 aliphatic carbocycles. The zero-order valence-corrected chi connectivity index (χ0v) is 13.0. The van der Waals surface area contributed by atoms with Crippen LogP contribution in [0.2, 0.25) is 0 Å². The van der Waals surface area contributed by atoms with E-state index in [1.54, 1.807) is 0 Å². The van der Waals surface area contributed by atoms with Gasteiger partial charge in [0, 0.05) is 12.0 Å². The fourth-order valence-corrected chi connectivity index (χ4v) is 2.55. The van der Waals surface area contributed by atoms with E-state index in [1.165, 1.54) is 25.7 Å². The second-order valence-electron chi connectivity index (χ2n) is 7.09. The third kappa shape index (κ3) is 3.81. The van der Waals surface area contributed by atoms with E-state index in [-0.39, 0.29) is 17.1 Å². The molecule has 2 rings (SSSR count). The summed E-state index contributed by atoms with van der Waals surface area (Å²) in [7, 11) is 0. The summed E-state index contributed by atoms with van der Waals surface area (Å²) >= 11 is 0. The Balaban J connectivity index is 1.84. The topological polar surface area (TPSA) is 70.7 Å². The Hall–Kier alpha value is -1.39. The number of nitrogens with one attached hydrogen (secondary N) is 2. The molecular weight excluding hydrogens is 252 g/mol. The molecule has 1 aliphatic rings. The van der Waals surface area contributed by atoms with E-state index in [0.29, 0.717) is 5.92 Å². The van der Waals surface area contributed by atoms with E-state index >= 15 is 0 Å². The van der Waals surface area contributed by atoms with Crippen molar-refractivity contribution in [3.63, 3.8) is 0 Å². The molecule has 0 aromatic carbocycles. The number of hydrogen-bond donors (Lipinski definition) is 2. The fraction of sp³-hybridized carbons (Fsp3) is 0.800. The highest BCUT2D eigenvalue weighted by Crippen LogP contribution is 2.27. The van der Waals surface area contributed by atoms with Crippen LogP contribution in [0.4, 0.5) is 0 Å². The number of aromatic nitrogens is 3. The Bertz CT molecular complexity index is 453. The van der Waals surface area contributed by atoms with Gasteiger partial charge in [-0.05, 0) is 24.7 Å². The van der Waals surface area contributed by atoms with Crippen molar-refractivity contribution in [3.8, 4) is 0 Å². The van der Waals surface area contributed by atoms with Crippen LogP contribution in [-0.4, -0.2) is 27.6 Å². The van der Waals surface area contributed by atoms with Crippen molar-refractivity contribution in [3.05, 3.63) is 11.6 Å². The lowest BCUT2D eigenvalue weighted by Gasteiger charge is -2.25. The molecule has 5 heteroatoms. The predicted octanol–water partition coefficient (Wildman–Crippen LogP) is 2.66. The molecule has 5 nitrogen and oxygen atoms in total. The number of amides is 1. The van der Waals surface area contributed by atoms with Crippen molar-refractivity contribution in [2.45, 2.75) is 58.8 Å². The molecule has 112 valence electrons. The van der Waals surface area contributed by atoms with E-state index < -0.39 is 0 Å². The SMILES string of the molecule is CC1CCC(CNC(=O)c2n[nH]c(C(C)(C)C)n2)CC1. The lowest BCUT2D eigenvalue weighted by atomic mass is 9.83. The normalized spacial score (nSPS) is 23.6. The number of nitrogens with zero attached hydrogens (tertiary/aromatic N) is 2. The molecular formula is C15H26N4O. The Kier molecular flexibility index (Phi) is 4.45. The largest absolute Gasteiger partial charge is 0.349 e. The lowest BCUT2D eigenvalue weighted by Crippen LogP contribution is -2.31. The van der Waals surface area contributed by atoms with Crippen molar-refractivity contribution < 1.29 is 4.79 Å². The van der Waals surface area contributed by atoms with Crippen molar-refractivity contribution in [2.75, 3.05) is 6.54 Å². The molecule has 1 heterocycles. The van der Waals surface area contributed by atoms with Crippen LogP contribution in [0.5, 0.6) is 0 Å². The summed E-state index contributed by atoms with van der Waals surface area (Å²) in [5.41, 5.74) is -0.120. The maximum absolute atomic E-state index is 12.0. The molecule has 1 aromatic heterocycles. The van der Waals surface area contributed by atoms with E-state index in [0.717, 1.165) is 18.3 Å². The van der Waals surface area contributed by atoms with Gasteiger partial charge in [0.25, 0.3) is 5.91 Å². The summed E-state index contributed by atoms with van der Waals surface area (Å²) in [5, 5.41) is 9.82. The minimum absolute atomic E-state index is 0.120. The zero-order valence-electron chi connectivity index (χ0n) is 13.0. The van der Waals surface area contributed by atoms with Gasteiger partial charge in [-0.15, -0.1) is 5.10 Å². The number of aromatic amines is 1. The fourth-order valence-electron chi connectivity index (χ4n) is 2.55. The minimum atomic E-state index is -0.171. The minimum Gasteiger partial charge on any atom is -0.349 e. The monoisotopic (exact) mass is 278 g/mol. The number of rotatable bonds is 3. The Morgan fingerprint density at radius 1 is 1.30 bits per heavy atom. The molecule has 20 heavy (non-hydrogen) atoms. The molecule has 0 saturated heterocycles. The van der Waals surface area contributed by atoms with Crippen LogP contribution in [-0.2, 0) is 5.41 Å². The predicted molar refractivity (Wildman–Crippen MR) is 78.5 cm³/mol. The summed E-state index contributed by atoms with van der Waals surface area (Å²) in [4.78, 5) is 16.3. The van der Waals surface area contributed by atoms with Gasteiger partial charge in [-0.1, -0.05) is 40.5 Å². The van der Waals surface area contributed by atoms with Crippen LogP contribution in [0, 0.1) is 11.8 Å². The Labute approximate surface area is 120 Å². The summed E-state index contributed by atoms with van der Waals surface area (Å²) in [6.07, 6.45) is 4.97. The van der Waals surface area contributed by atoms with Crippen LogP contribution < -0.4 is 5.32 Å². The average molecular weight is 278 g/mol. The maximum Gasteiger partial charge on any atom is 0.290 e. The van der Waals surface area contributed by atoms with Crippen LogP contribution in [0.15, 0.2) is 0 Å². The van der Waals surface area contributed by atoms with Gasteiger partial charge in [0.1, 0.15) is 5.82 Å². The van der Waals surface area contributed by atoms with Gasteiger partial charge in [0.05, 0.1) is 0 Å². The summed E-state index contributed by atoms with van der Waals surface area (Å²) < 4.78 is 0. The highest BCUT2D eigenvalue weighted by molar-refractivity contribution is 5.90. The highest BCUT2D eigenvalue weighted by atomic mass is 16.2. The molecule has 0 bridgehead atoms. The molecule has 1 fully saturated rings. The standard InChI is InChI=1S/C15H26N4O/c1-10-5-7-11(8-6-10)9-16-13(20)12-17-14(19-18-12)15(2,3)4/h10-11H,5-9H2,1-4H3,(H,16,20)(H,17,18,19). The van der Waals surface area contributed by atoms with Gasteiger partial charge < -0.3 is 5.32 Å². The number of carbonyl (C=O) groups is 1. The van der Waals surface area contributed by atoms with E-state index in [1.807, 2.05) is 20.8 Å². The van der Waals surface area contributed by atoms with Crippen molar-refractivity contribution >= 4 is 5.91 Å². The van der Waals surface area contributed by atoms with Gasteiger partial charge in [-0.25, -0.2) is 4.98 Å². The third-order valence-corrected chi connectivity index (χ3v) is 4.09. The second-order valence-corrected chi connectivity index (χ2v) is 7.09. The van der Waals surface area contributed by atoms with E-state index in [9.17, 15) is 4.79 Å². The molecule has 0 unspecified atom stereocenters. The number of carbonyl (C=O) groups excluding carboxylic acids is 1. The second kappa shape index (κ2) is 5.94. The third-order valence-electron chi connectivity index (χ3n) is 4.09. The first-order valence-corrected chi connectivity index (χ1v) is 7.57. The first kappa shape index (κ1) is 15.0. The number of hydrogen-bond acceptors (Lipinski definition) is 3. The quantitative estimate of drug-likeness (QED) is 0.893. The van der Waals surface area contributed by atoms with E-state index in [4.69, 9.17) is 0 Å². The van der Waals surface area contributed by atoms with Crippen LogP contribution >= 0.6 is 0 Å². The maximum atomic E-state index is 12.0. The van der Waals surface area contributed by atoms with Gasteiger partial charge in [0.15, 0.2) is 0 Å². The molecule has 1 aromatic rings. The highest BCUT2D eigenvalue weighted by Gasteiger charge is 2.22. The van der Waals surface area contributed by atoms with Crippen LogP contribution in [0.3, 0.4) is 0 Å². The molecule has 0 atom stereocenters. The molecule has 0 spiro atoms. The molecule has 1 saturated carbocycles. The average Bonchev–Trinajstić information content (AvgIpc) is 2.87. The molecule has 0 aliphatic heterocycles. The Morgan fingerprint density at radius 2 is 1.95 bits per heavy atom. The van der Waals surface area contributed by atoms with E-state index in [2.05, 4.69) is 27.4 Å². The Morgan fingerprint density at radius 3 is 2.50 bits per heavy atom. The van der Waals surface area contributed by atoms with Crippen molar-refractivity contribution in [1.29, 1.82) is 0 Å². The van der Waals surface area contributed by atoms with Gasteiger partial charge in [-0.3, -0.25) is 9.89 Å². The van der Waals surface area contributed by atoms with Gasteiger partial charge in [0.2, 0.25) is 5.82 Å². The smallest absolute Gasteiger partial charge is 0.290 e. The summed E-state index contributed by atoms with van der Waals surface area (Å²) in [5.74, 6) is 2.27. The van der Waals surface area contributed by atoms with Crippen molar-refractivity contribution in [2.24, 2.45) is 11.8 Å². The van der Waals surface area contributed by atoms with Crippen LogP contribution in [0.25, 0.3) is 0 Å². The summed E-state index contributed by atoms with van der Waals surface area (Å²) in [6, 6.07) is 0. The summed E-state index contributed by atoms with van der Waals surface area (Å²) in [6.45, 7) is 9.16. The molecule has 2 N–H and O–H groups in total. The molecule has 1 amide bonds. The number of H-pyrrole nitrogens is 1. The van der Waals surface area contributed by atoms with Crippen LogP contribution in [0.1, 0.15) is 69.8 Å². The zero-order chi connectivity index (χ0) is 14.8. The first-order valence-electron chi connectivity index (χ1n) is 7.57. The lowest BCUT2D eigenvalue weighted by molar-refractivity contribution is 0.0931. The van der Waals surface area contributed by atoms with Crippen molar-refractivity contribution in [1.82, 2.24) is 20.5 Å². The molecule has 0 radical (unpaired) electrons. The van der Waals surface area contributed by atoms with Gasteiger partial charge >= 0.3 is 0 Å².